The molecular weight excluding hydrogens is 318 g/mol. The molecule has 0 amide bonds. The topological polar surface area (TPSA) is 75.1 Å². The first-order valence-corrected chi connectivity index (χ1v) is 8.92. The van der Waals surface area contributed by atoms with Crippen molar-refractivity contribution in [2.24, 2.45) is 4.99 Å². The van der Waals surface area contributed by atoms with E-state index in [0.29, 0.717) is 25.3 Å². The van der Waals surface area contributed by atoms with Gasteiger partial charge in [0.25, 0.3) is 0 Å². The molecule has 0 bridgehead atoms. The number of nitrogens with one attached hydrogen (secondary N) is 2. The van der Waals surface area contributed by atoms with E-state index >= 15 is 0 Å². The van der Waals surface area contributed by atoms with E-state index in [1.54, 1.807) is 14.2 Å². The van der Waals surface area contributed by atoms with Crippen molar-refractivity contribution in [3.8, 4) is 11.5 Å². The number of guanidine groups is 1. The highest BCUT2D eigenvalue weighted by molar-refractivity contribution is 5.80. The summed E-state index contributed by atoms with van der Waals surface area (Å²) in [5, 5.41) is 17.0. The van der Waals surface area contributed by atoms with Crippen LogP contribution in [0.2, 0.25) is 0 Å². The summed E-state index contributed by atoms with van der Waals surface area (Å²) in [6.45, 7) is 9.10. The van der Waals surface area contributed by atoms with Crippen molar-refractivity contribution in [3.63, 3.8) is 0 Å². The molecule has 3 N–H and O–H groups in total. The van der Waals surface area contributed by atoms with Crippen molar-refractivity contribution >= 4 is 5.96 Å². The molecule has 0 saturated carbocycles. The maximum absolute atomic E-state index is 10.4. The number of ether oxygens (including phenoxy) is 2. The maximum Gasteiger partial charge on any atom is 0.191 e. The van der Waals surface area contributed by atoms with Crippen molar-refractivity contribution in [1.29, 1.82) is 0 Å². The summed E-state index contributed by atoms with van der Waals surface area (Å²) in [5.74, 6) is 2.23. The number of hydrogen-bond acceptors (Lipinski definition) is 4. The minimum absolute atomic E-state index is 0.0424. The molecule has 142 valence electrons. The van der Waals surface area contributed by atoms with Crippen LogP contribution in [0.1, 0.15) is 52.1 Å². The molecule has 0 spiro atoms. The van der Waals surface area contributed by atoms with Crippen LogP contribution in [0.25, 0.3) is 0 Å². The van der Waals surface area contributed by atoms with Crippen molar-refractivity contribution in [1.82, 2.24) is 10.6 Å². The first-order chi connectivity index (χ1) is 11.9. The molecule has 1 unspecified atom stereocenters. The lowest BCUT2D eigenvalue weighted by atomic mass is 9.98. The molecular formula is C19H33N3O3. The summed E-state index contributed by atoms with van der Waals surface area (Å²) < 4.78 is 10.8. The van der Waals surface area contributed by atoms with E-state index < -0.39 is 5.60 Å². The molecule has 0 aromatic heterocycles. The Bertz CT molecular complexity index is 557. The Morgan fingerprint density at radius 3 is 2.40 bits per heavy atom. The fourth-order valence-electron chi connectivity index (χ4n) is 2.48. The second-order valence-electron chi connectivity index (χ2n) is 6.10. The van der Waals surface area contributed by atoms with Gasteiger partial charge in [-0.15, -0.1) is 0 Å². The summed E-state index contributed by atoms with van der Waals surface area (Å²) >= 11 is 0. The van der Waals surface area contributed by atoms with E-state index in [-0.39, 0.29) is 6.04 Å². The van der Waals surface area contributed by atoms with Crippen LogP contribution in [0.3, 0.4) is 0 Å². The summed E-state index contributed by atoms with van der Waals surface area (Å²) in [6, 6.07) is 5.67. The largest absolute Gasteiger partial charge is 0.497 e. The third-order valence-electron chi connectivity index (χ3n) is 4.45. The fraction of sp³-hybridized carbons (Fsp3) is 0.632. The molecule has 6 nitrogen and oxygen atoms in total. The van der Waals surface area contributed by atoms with Gasteiger partial charge in [0, 0.05) is 12.1 Å². The van der Waals surface area contributed by atoms with E-state index in [4.69, 9.17) is 9.47 Å². The van der Waals surface area contributed by atoms with Crippen LogP contribution in [-0.2, 0) is 0 Å². The zero-order chi connectivity index (χ0) is 18.9. The fourth-order valence-corrected chi connectivity index (χ4v) is 2.48. The predicted octanol–water partition coefficient (Wildman–Crippen LogP) is 2.87. The smallest absolute Gasteiger partial charge is 0.191 e. The lowest BCUT2D eigenvalue weighted by Gasteiger charge is -2.25. The van der Waals surface area contributed by atoms with Gasteiger partial charge in [-0.3, -0.25) is 4.99 Å². The van der Waals surface area contributed by atoms with Gasteiger partial charge >= 0.3 is 0 Å². The Morgan fingerprint density at radius 1 is 1.20 bits per heavy atom. The zero-order valence-electron chi connectivity index (χ0n) is 16.3. The molecule has 0 saturated heterocycles. The van der Waals surface area contributed by atoms with Crippen LogP contribution in [0.4, 0.5) is 0 Å². The molecule has 1 rings (SSSR count). The summed E-state index contributed by atoms with van der Waals surface area (Å²) in [5.41, 5.74) is 0.216. The number of aliphatic imine (C=N–C) groups is 1. The van der Waals surface area contributed by atoms with Gasteiger partial charge in [0.15, 0.2) is 5.96 Å². The third kappa shape index (κ3) is 6.12. The minimum atomic E-state index is -0.765. The van der Waals surface area contributed by atoms with E-state index in [2.05, 4.69) is 15.6 Å². The Balaban J connectivity index is 2.98. The molecule has 25 heavy (non-hydrogen) atoms. The van der Waals surface area contributed by atoms with Gasteiger partial charge in [0.1, 0.15) is 11.5 Å². The number of methoxy groups -OCH3 is 2. The first kappa shape index (κ1) is 21.1. The monoisotopic (exact) mass is 351 g/mol. The number of aliphatic hydroxyl groups is 1. The SMILES string of the molecule is CCNC(=NCC(O)(CC)CC)NC(C)c1cc(OC)ccc1OC. The Hall–Kier alpha value is -1.95. The summed E-state index contributed by atoms with van der Waals surface area (Å²) in [4.78, 5) is 4.56. The molecule has 0 fully saturated rings. The average molecular weight is 351 g/mol. The Kier molecular flexibility index (Phi) is 8.55. The molecule has 1 aromatic carbocycles. The van der Waals surface area contributed by atoms with Gasteiger partial charge in [-0.05, 0) is 44.9 Å². The molecule has 1 aromatic rings. The summed E-state index contributed by atoms with van der Waals surface area (Å²) in [7, 11) is 3.30. The highest BCUT2D eigenvalue weighted by Crippen LogP contribution is 2.29. The van der Waals surface area contributed by atoms with Crippen molar-refractivity contribution in [3.05, 3.63) is 23.8 Å². The van der Waals surface area contributed by atoms with Crippen molar-refractivity contribution in [2.75, 3.05) is 27.3 Å². The minimum Gasteiger partial charge on any atom is -0.497 e. The van der Waals surface area contributed by atoms with Crippen LogP contribution in [0.5, 0.6) is 11.5 Å². The lowest BCUT2D eigenvalue weighted by molar-refractivity contribution is 0.0417. The Morgan fingerprint density at radius 2 is 1.88 bits per heavy atom. The van der Waals surface area contributed by atoms with Crippen molar-refractivity contribution in [2.45, 2.75) is 52.2 Å². The van der Waals surface area contributed by atoms with E-state index in [9.17, 15) is 5.11 Å². The average Bonchev–Trinajstić information content (AvgIpc) is 2.65. The molecule has 0 heterocycles. The summed E-state index contributed by atoms with van der Waals surface area (Å²) in [6.07, 6.45) is 1.34. The van der Waals surface area contributed by atoms with Gasteiger partial charge in [-0.25, -0.2) is 0 Å². The molecule has 0 aliphatic rings. The molecule has 6 heteroatoms. The van der Waals surface area contributed by atoms with Crippen LogP contribution in [0, 0.1) is 0 Å². The highest BCUT2D eigenvalue weighted by atomic mass is 16.5. The predicted molar refractivity (Wildman–Crippen MR) is 103 cm³/mol. The zero-order valence-corrected chi connectivity index (χ0v) is 16.3. The number of rotatable bonds is 9. The van der Waals surface area contributed by atoms with Crippen LogP contribution in [0.15, 0.2) is 23.2 Å². The lowest BCUT2D eigenvalue weighted by Crippen LogP contribution is -2.41. The molecule has 0 aliphatic carbocycles. The number of benzene rings is 1. The van der Waals surface area contributed by atoms with Crippen molar-refractivity contribution < 1.29 is 14.6 Å². The van der Waals surface area contributed by atoms with Crippen LogP contribution >= 0.6 is 0 Å². The van der Waals surface area contributed by atoms with Crippen LogP contribution < -0.4 is 20.1 Å². The normalized spacial score (nSPS) is 13.3. The van der Waals surface area contributed by atoms with Gasteiger partial charge in [0.05, 0.1) is 32.4 Å². The molecule has 0 aliphatic heterocycles. The number of nitrogens with zero attached hydrogens (tertiary/aromatic N) is 1. The standard InChI is InChI=1S/C19H33N3O3/c1-7-19(23,8-2)13-21-18(20-9-3)22-14(4)16-12-15(24-5)10-11-17(16)25-6/h10-12,14,23H,7-9,13H2,1-6H3,(H2,20,21,22). The highest BCUT2D eigenvalue weighted by Gasteiger charge is 2.22. The van der Waals surface area contributed by atoms with Crippen LogP contribution in [-0.4, -0.2) is 44.0 Å². The van der Waals surface area contributed by atoms with Gasteiger partial charge in [0.2, 0.25) is 0 Å². The second kappa shape index (κ2) is 10.1. The molecule has 0 radical (unpaired) electrons. The quantitative estimate of drug-likeness (QED) is 0.471. The van der Waals surface area contributed by atoms with E-state index in [1.807, 2.05) is 45.9 Å². The Labute approximate surface area is 151 Å². The van der Waals surface area contributed by atoms with Gasteiger partial charge in [-0.2, -0.15) is 0 Å². The number of hydrogen-bond donors (Lipinski definition) is 3. The van der Waals surface area contributed by atoms with E-state index in [1.165, 1.54) is 0 Å². The molecule has 1 atom stereocenters. The van der Waals surface area contributed by atoms with E-state index in [0.717, 1.165) is 23.6 Å². The maximum atomic E-state index is 10.4. The van der Waals surface area contributed by atoms with Gasteiger partial charge < -0.3 is 25.2 Å². The third-order valence-corrected chi connectivity index (χ3v) is 4.45. The second-order valence-corrected chi connectivity index (χ2v) is 6.10. The van der Waals surface area contributed by atoms with Gasteiger partial charge in [-0.1, -0.05) is 13.8 Å². The first-order valence-electron chi connectivity index (χ1n) is 8.92.